The number of anilines is 3. The van der Waals surface area contributed by atoms with E-state index in [1.54, 1.807) is 18.2 Å². The fraction of sp³-hybridized carbons (Fsp3) is 0.357. The number of benzene rings is 1. The molecule has 136 valence electrons. The minimum atomic E-state index is -4.50. The molecule has 11 heteroatoms. The lowest BCUT2D eigenvalue weighted by Gasteiger charge is -2.12. The third-order valence-electron chi connectivity index (χ3n) is 2.83. The SMILES string of the molecule is NCCNc1nc(Nc2cccc(CN)c2)nc(OCC(F)(F)F)n1. The summed E-state index contributed by atoms with van der Waals surface area (Å²) in [4.78, 5) is 11.7. The second kappa shape index (κ2) is 8.44. The zero-order valence-corrected chi connectivity index (χ0v) is 13.2. The molecule has 0 fully saturated rings. The van der Waals surface area contributed by atoms with Crippen LogP contribution in [0.4, 0.5) is 30.8 Å². The van der Waals surface area contributed by atoms with E-state index >= 15 is 0 Å². The summed E-state index contributed by atoms with van der Waals surface area (Å²) in [5.74, 6) is 0.0796. The molecule has 0 spiro atoms. The minimum absolute atomic E-state index is 0.0286. The third-order valence-corrected chi connectivity index (χ3v) is 2.83. The van der Waals surface area contributed by atoms with Crippen LogP contribution in [0.15, 0.2) is 24.3 Å². The zero-order chi connectivity index (χ0) is 18.3. The van der Waals surface area contributed by atoms with Gasteiger partial charge in [0.25, 0.3) is 0 Å². The molecule has 0 saturated heterocycles. The lowest BCUT2D eigenvalue weighted by Crippen LogP contribution is -2.21. The molecule has 0 aliphatic heterocycles. The summed E-state index contributed by atoms with van der Waals surface area (Å²) in [6.07, 6.45) is -4.50. The molecule has 1 aromatic carbocycles. The van der Waals surface area contributed by atoms with Gasteiger partial charge < -0.3 is 26.8 Å². The molecule has 0 aliphatic carbocycles. The monoisotopic (exact) mass is 357 g/mol. The first-order chi connectivity index (χ1) is 11.9. The summed E-state index contributed by atoms with van der Waals surface area (Å²) < 4.78 is 41.6. The first-order valence-corrected chi connectivity index (χ1v) is 7.35. The van der Waals surface area contributed by atoms with E-state index in [1.807, 2.05) is 6.07 Å². The Kier molecular flexibility index (Phi) is 6.31. The molecule has 8 nitrogen and oxygen atoms in total. The van der Waals surface area contributed by atoms with Crippen molar-refractivity contribution in [1.82, 2.24) is 15.0 Å². The van der Waals surface area contributed by atoms with Crippen LogP contribution in [0.2, 0.25) is 0 Å². The molecule has 6 N–H and O–H groups in total. The predicted molar refractivity (Wildman–Crippen MR) is 86.5 cm³/mol. The average molecular weight is 357 g/mol. The number of nitrogens with two attached hydrogens (primary N) is 2. The van der Waals surface area contributed by atoms with E-state index in [1.165, 1.54) is 0 Å². The van der Waals surface area contributed by atoms with Crippen LogP contribution in [0.1, 0.15) is 5.56 Å². The number of halogens is 3. The summed E-state index contributed by atoms with van der Waals surface area (Å²) >= 11 is 0. The number of nitrogens with one attached hydrogen (secondary N) is 2. The molecule has 25 heavy (non-hydrogen) atoms. The highest BCUT2D eigenvalue weighted by molar-refractivity contribution is 5.55. The number of alkyl halides is 3. The fourth-order valence-electron chi connectivity index (χ4n) is 1.79. The van der Waals surface area contributed by atoms with E-state index in [9.17, 15) is 13.2 Å². The normalized spacial score (nSPS) is 11.2. The fourth-order valence-corrected chi connectivity index (χ4v) is 1.79. The van der Waals surface area contributed by atoms with Gasteiger partial charge in [-0.1, -0.05) is 12.1 Å². The van der Waals surface area contributed by atoms with Crippen LogP contribution in [0.3, 0.4) is 0 Å². The molecule has 0 amide bonds. The molecule has 0 aliphatic rings. The highest BCUT2D eigenvalue weighted by Gasteiger charge is 2.29. The zero-order valence-electron chi connectivity index (χ0n) is 13.2. The van der Waals surface area contributed by atoms with Crippen LogP contribution in [0, 0.1) is 0 Å². The Labute approximate surface area is 141 Å². The molecule has 0 saturated carbocycles. The largest absolute Gasteiger partial charge is 0.454 e. The molecule has 1 aromatic heterocycles. The number of rotatable bonds is 8. The van der Waals surface area contributed by atoms with E-state index in [2.05, 4.69) is 30.3 Å². The summed E-state index contributed by atoms with van der Waals surface area (Å²) in [5, 5.41) is 5.65. The maximum Gasteiger partial charge on any atom is 0.422 e. The van der Waals surface area contributed by atoms with E-state index in [0.29, 0.717) is 25.3 Å². The van der Waals surface area contributed by atoms with E-state index in [0.717, 1.165) is 5.56 Å². The van der Waals surface area contributed by atoms with Gasteiger partial charge in [-0.25, -0.2) is 0 Å². The predicted octanol–water partition coefficient (Wildman–Crippen LogP) is 1.39. The highest BCUT2D eigenvalue weighted by Crippen LogP contribution is 2.20. The van der Waals surface area contributed by atoms with Crippen molar-refractivity contribution in [3.05, 3.63) is 29.8 Å². The van der Waals surface area contributed by atoms with Crippen molar-refractivity contribution in [2.45, 2.75) is 12.7 Å². The molecular weight excluding hydrogens is 339 g/mol. The van der Waals surface area contributed by atoms with Crippen LogP contribution in [-0.2, 0) is 6.54 Å². The Bertz CT molecular complexity index is 696. The smallest absolute Gasteiger partial charge is 0.422 e. The molecule has 2 rings (SSSR count). The van der Waals surface area contributed by atoms with Crippen LogP contribution < -0.4 is 26.8 Å². The summed E-state index contributed by atoms with van der Waals surface area (Å²) in [6.45, 7) is -0.526. The van der Waals surface area contributed by atoms with Gasteiger partial charge in [0.2, 0.25) is 11.9 Å². The summed E-state index contributed by atoms with van der Waals surface area (Å²) in [7, 11) is 0. The van der Waals surface area contributed by atoms with Gasteiger partial charge in [0.15, 0.2) is 6.61 Å². The van der Waals surface area contributed by atoms with E-state index in [-0.39, 0.29) is 11.9 Å². The van der Waals surface area contributed by atoms with Crippen LogP contribution in [-0.4, -0.2) is 40.8 Å². The molecule has 0 radical (unpaired) electrons. The third kappa shape index (κ3) is 6.39. The van der Waals surface area contributed by atoms with Crippen molar-refractivity contribution in [2.24, 2.45) is 11.5 Å². The van der Waals surface area contributed by atoms with Crippen LogP contribution in [0.5, 0.6) is 6.01 Å². The topological polar surface area (TPSA) is 124 Å². The molecule has 0 unspecified atom stereocenters. The van der Waals surface area contributed by atoms with Gasteiger partial charge in [0, 0.05) is 25.3 Å². The number of nitrogens with zero attached hydrogens (tertiary/aromatic N) is 3. The van der Waals surface area contributed by atoms with Gasteiger partial charge in [-0.3, -0.25) is 0 Å². The van der Waals surface area contributed by atoms with Gasteiger partial charge >= 0.3 is 12.2 Å². The lowest BCUT2D eigenvalue weighted by atomic mass is 10.2. The maximum absolute atomic E-state index is 12.3. The number of aromatic nitrogens is 3. The standard InChI is InChI=1S/C14H18F3N7O/c15-14(16,17)8-25-13-23-11(20-5-4-18)22-12(24-13)21-10-3-1-2-9(6-10)7-19/h1-3,6H,4-5,7-8,18-19H2,(H2,20,21,22,23,24). The summed E-state index contributed by atoms with van der Waals surface area (Å²) in [6, 6.07) is 6.67. The van der Waals surface area contributed by atoms with Crippen molar-refractivity contribution < 1.29 is 17.9 Å². The molecular formula is C14H18F3N7O. The lowest BCUT2D eigenvalue weighted by molar-refractivity contribution is -0.154. The molecule has 0 atom stereocenters. The second-order valence-corrected chi connectivity index (χ2v) is 4.91. The Balaban J connectivity index is 2.21. The number of hydrogen-bond donors (Lipinski definition) is 4. The van der Waals surface area contributed by atoms with Gasteiger partial charge in [-0.15, -0.1) is 0 Å². The first-order valence-electron chi connectivity index (χ1n) is 7.35. The van der Waals surface area contributed by atoms with Gasteiger partial charge in [-0.05, 0) is 17.7 Å². The van der Waals surface area contributed by atoms with Gasteiger partial charge in [-0.2, -0.15) is 28.1 Å². The van der Waals surface area contributed by atoms with Crippen LogP contribution in [0.25, 0.3) is 0 Å². The van der Waals surface area contributed by atoms with Gasteiger partial charge in [0.1, 0.15) is 0 Å². The minimum Gasteiger partial charge on any atom is -0.454 e. The van der Waals surface area contributed by atoms with E-state index < -0.39 is 18.8 Å². The maximum atomic E-state index is 12.3. The van der Waals surface area contributed by atoms with E-state index in [4.69, 9.17) is 11.5 Å². The average Bonchev–Trinajstić information content (AvgIpc) is 2.57. The second-order valence-electron chi connectivity index (χ2n) is 4.91. The number of ether oxygens (including phenoxy) is 1. The Morgan fingerprint density at radius 3 is 2.52 bits per heavy atom. The van der Waals surface area contributed by atoms with Crippen molar-refractivity contribution in [1.29, 1.82) is 0 Å². The highest BCUT2D eigenvalue weighted by atomic mass is 19.4. The quantitative estimate of drug-likeness (QED) is 0.559. The summed E-state index contributed by atoms with van der Waals surface area (Å²) in [5.41, 5.74) is 12.5. The Hall–Kier alpha value is -2.66. The van der Waals surface area contributed by atoms with Crippen molar-refractivity contribution in [3.63, 3.8) is 0 Å². The Morgan fingerprint density at radius 1 is 1.08 bits per heavy atom. The molecule has 1 heterocycles. The Morgan fingerprint density at radius 2 is 1.84 bits per heavy atom. The van der Waals surface area contributed by atoms with Crippen molar-refractivity contribution in [3.8, 4) is 6.01 Å². The molecule has 2 aromatic rings. The molecule has 0 bridgehead atoms. The van der Waals surface area contributed by atoms with Crippen molar-refractivity contribution >= 4 is 17.6 Å². The van der Waals surface area contributed by atoms with Crippen LogP contribution >= 0.6 is 0 Å². The number of hydrogen-bond acceptors (Lipinski definition) is 8. The van der Waals surface area contributed by atoms with Gasteiger partial charge in [0.05, 0.1) is 0 Å². The first kappa shape index (κ1) is 18.7. The van der Waals surface area contributed by atoms with Crippen molar-refractivity contribution in [2.75, 3.05) is 30.3 Å².